The van der Waals surface area contributed by atoms with Gasteiger partial charge in [-0.25, -0.2) is 4.98 Å². The Hall–Kier alpha value is -1.67. The summed E-state index contributed by atoms with van der Waals surface area (Å²) in [5.41, 5.74) is 0.0390. The number of carbonyl (C=O) groups excluding carboxylic acids is 2. The summed E-state index contributed by atoms with van der Waals surface area (Å²) in [7, 11) is 0. The maximum absolute atomic E-state index is 13.1. The molecule has 4 saturated carbocycles. The van der Waals surface area contributed by atoms with Crippen molar-refractivity contribution in [3.05, 3.63) is 33.6 Å². The molecule has 1 amide bonds. The smallest absolute Gasteiger partial charge is 0.312 e. The first-order valence-electron chi connectivity index (χ1n) is 10.8. The van der Waals surface area contributed by atoms with E-state index in [1.54, 1.807) is 25.1 Å². The van der Waals surface area contributed by atoms with Crippen LogP contribution in [0.3, 0.4) is 0 Å². The molecule has 0 aliphatic heterocycles. The fourth-order valence-corrected chi connectivity index (χ4v) is 7.14. The molecule has 9 heteroatoms. The minimum absolute atomic E-state index is 0.358. The first-order valence-corrected chi connectivity index (χ1v) is 12.4. The number of nitrogens with zero attached hydrogens (tertiary/aromatic N) is 1. The predicted molar refractivity (Wildman–Crippen MR) is 124 cm³/mol. The van der Waals surface area contributed by atoms with Crippen LogP contribution >= 0.6 is 34.5 Å². The van der Waals surface area contributed by atoms with E-state index in [2.05, 4.69) is 10.3 Å². The van der Waals surface area contributed by atoms with E-state index in [0.29, 0.717) is 39.1 Å². The Bertz CT molecular complexity index is 1070. The van der Waals surface area contributed by atoms with Crippen LogP contribution in [0.1, 0.15) is 45.4 Å². The molecule has 0 radical (unpaired) electrons. The molecule has 2 N–H and O–H groups in total. The number of benzene rings is 1. The number of halogens is 2. The van der Waals surface area contributed by atoms with Crippen molar-refractivity contribution in [1.82, 2.24) is 4.98 Å². The van der Waals surface area contributed by atoms with Gasteiger partial charge in [0.25, 0.3) is 5.91 Å². The van der Waals surface area contributed by atoms with Crippen molar-refractivity contribution in [2.75, 3.05) is 5.32 Å². The number of anilines is 1. The summed E-state index contributed by atoms with van der Waals surface area (Å²) in [6, 6.07) is 5.21. The van der Waals surface area contributed by atoms with E-state index in [0.717, 1.165) is 37.7 Å². The number of hydrogen-bond acceptors (Lipinski definition) is 6. The predicted octanol–water partition coefficient (Wildman–Crippen LogP) is 5.32. The van der Waals surface area contributed by atoms with Gasteiger partial charge in [-0.15, -0.1) is 11.3 Å². The second kappa shape index (κ2) is 7.97. The summed E-state index contributed by atoms with van der Waals surface area (Å²) >= 11 is 13.3. The first-order chi connectivity index (χ1) is 15.1. The lowest BCUT2D eigenvalue weighted by Gasteiger charge is -2.58. The third-order valence-corrected chi connectivity index (χ3v) is 8.56. The molecule has 1 aromatic heterocycles. The molecule has 6 nitrogen and oxygen atoms in total. The van der Waals surface area contributed by atoms with Gasteiger partial charge in [-0.3, -0.25) is 14.9 Å². The summed E-state index contributed by atoms with van der Waals surface area (Å²) < 4.78 is 5.62. The first kappa shape index (κ1) is 22.1. The van der Waals surface area contributed by atoms with Crippen LogP contribution in [0.5, 0.6) is 0 Å². The molecule has 32 heavy (non-hydrogen) atoms. The van der Waals surface area contributed by atoms with E-state index in [9.17, 15) is 14.7 Å². The molecule has 4 bridgehead atoms. The number of nitrogens with one attached hydrogen (secondary N) is 1. The maximum atomic E-state index is 13.1. The molecule has 3 atom stereocenters. The van der Waals surface area contributed by atoms with Gasteiger partial charge in [0.05, 0.1) is 26.8 Å². The number of esters is 1. The van der Waals surface area contributed by atoms with E-state index in [4.69, 9.17) is 27.9 Å². The van der Waals surface area contributed by atoms with E-state index < -0.39 is 23.0 Å². The number of aliphatic hydroxyl groups is 1. The number of rotatable bonds is 5. The van der Waals surface area contributed by atoms with Gasteiger partial charge < -0.3 is 9.84 Å². The molecule has 4 aliphatic carbocycles. The zero-order valence-electron chi connectivity index (χ0n) is 17.6. The second-order valence-electron chi connectivity index (χ2n) is 9.67. The summed E-state index contributed by atoms with van der Waals surface area (Å²) in [4.78, 5) is 30.2. The third-order valence-electron chi connectivity index (χ3n) is 7.07. The van der Waals surface area contributed by atoms with Crippen molar-refractivity contribution in [2.45, 2.75) is 57.2 Å². The van der Waals surface area contributed by atoms with Crippen molar-refractivity contribution >= 4 is 51.5 Å². The molecule has 4 aliphatic rings. The highest BCUT2D eigenvalue weighted by molar-refractivity contribution is 7.14. The summed E-state index contributed by atoms with van der Waals surface area (Å²) in [6.07, 6.45) is 3.62. The average molecular weight is 495 g/mol. The maximum Gasteiger partial charge on any atom is 0.312 e. The highest BCUT2D eigenvalue weighted by atomic mass is 35.5. The number of ether oxygens (including phenoxy) is 1. The number of hydrogen-bond donors (Lipinski definition) is 2. The molecule has 4 fully saturated rings. The molecule has 0 spiro atoms. The lowest BCUT2D eigenvalue weighted by Crippen LogP contribution is -2.59. The van der Waals surface area contributed by atoms with Gasteiger partial charge in [0.1, 0.15) is 0 Å². The zero-order chi connectivity index (χ0) is 22.7. The van der Waals surface area contributed by atoms with E-state index >= 15 is 0 Å². The fraction of sp³-hybridized carbons (Fsp3) is 0.522. The lowest BCUT2D eigenvalue weighted by molar-refractivity contribution is -0.199. The molecule has 6 rings (SSSR count). The lowest BCUT2D eigenvalue weighted by atomic mass is 9.48. The normalized spacial score (nSPS) is 31.4. The molecule has 1 aromatic carbocycles. The zero-order valence-corrected chi connectivity index (χ0v) is 19.9. The standard InChI is InChI=1S/C23H24Cl2N2O4S/c1-12(31-20(29)22-6-13-4-14(7-22)9-23(30,8-13)11-22)19(28)27-21-26-18(10-32-21)15-2-3-16(24)17(25)5-15/h2-3,5,10,12-14,30H,4,6-9,11H2,1H3,(H,26,27,28)/t12-,13+,14+,22?,23?/m0/s1. The van der Waals surface area contributed by atoms with Crippen LogP contribution in [0.4, 0.5) is 5.13 Å². The molecular formula is C23H24Cl2N2O4S. The average Bonchev–Trinajstić information content (AvgIpc) is 3.16. The van der Waals surface area contributed by atoms with Gasteiger partial charge in [-0.2, -0.15) is 0 Å². The summed E-state index contributed by atoms with van der Waals surface area (Å²) in [5, 5.41) is 16.7. The Balaban J connectivity index is 1.23. The highest BCUT2D eigenvalue weighted by Gasteiger charge is 2.61. The van der Waals surface area contributed by atoms with Crippen molar-refractivity contribution in [2.24, 2.45) is 17.3 Å². The van der Waals surface area contributed by atoms with Crippen LogP contribution in [-0.4, -0.2) is 33.7 Å². The SMILES string of the molecule is C[C@H](OC(=O)C12C[C@H]3C[C@@H](CC(O)(C3)C1)C2)C(=O)Nc1nc(-c2ccc(Cl)c(Cl)c2)cs1. The van der Waals surface area contributed by atoms with Crippen molar-refractivity contribution < 1.29 is 19.4 Å². The number of aromatic nitrogens is 1. The molecular weight excluding hydrogens is 471 g/mol. The quantitative estimate of drug-likeness (QED) is 0.549. The van der Waals surface area contributed by atoms with E-state index in [1.807, 2.05) is 5.38 Å². The van der Waals surface area contributed by atoms with Gasteiger partial charge in [-0.1, -0.05) is 29.3 Å². The third kappa shape index (κ3) is 4.04. The number of carbonyl (C=O) groups is 2. The molecule has 170 valence electrons. The van der Waals surface area contributed by atoms with Gasteiger partial charge in [0.15, 0.2) is 11.2 Å². The van der Waals surface area contributed by atoms with Crippen molar-refractivity contribution in [1.29, 1.82) is 0 Å². The Kier molecular flexibility index (Phi) is 5.52. The van der Waals surface area contributed by atoms with Crippen molar-refractivity contribution in [3.63, 3.8) is 0 Å². The topological polar surface area (TPSA) is 88.5 Å². The van der Waals surface area contributed by atoms with Crippen LogP contribution in [0, 0.1) is 17.3 Å². The number of amides is 1. The second-order valence-corrected chi connectivity index (χ2v) is 11.3. The Morgan fingerprint density at radius 1 is 1.22 bits per heavy atom. The summed E-state index contributed by atoms with van der Waals surface area (Å²) in [6.45, 7) is 1.57. The van der Waals surface area contributed by atoms with Gasteiger partial charge in [0.2, 0.25) is 0 Å². The van der Waals surface area contributed by atoms with Crippen LogP contribution in [0.25, 0.3) is 11.3 Å². The van der Waals surface area contributed by atoms with Gasteiger partial charge >= 0.3 is 5.97 Å². The Morgan fingerprint density at radius 2 is 1.94 bits per heavy atom. The van der Waals surface area contributed by atoms with Crippen LogP contribution in [0.15, 0.2) is 23.6 Å². The van der Waals surface area contributed by atoms with Crippen LogP contribution in [-0.2, 0) is 14.3 Å². The van der Waals surface area contributed by atoms with Crippen LogP contribution in [0.2, 0.25) is 10.0 Å². The molecule has 2 aromatic rings. The Labute approximate surface area is 200 Å². The van der Waals surface area contributed by atoms with Crippen molar-refractivity contribution in [3.8, 4) is 11.3 Å². The minimum atomic E-state index is -0.956. The van der Waals surface area contributed by atoms with Gasteiger partial charge in [0, 0.05) is 10.9 Å². The molecule has 0 saturated heterocycles. The van der Waals surface area contributed by atoms with Crippen LogP contribution < -0.4 is 5.32 Å². The fourth-order valence-electron chi connectivity index (χ4n) is 6.12. The molecule has 1 heterocycles. The number of thiazole rings is 1. The Morgan fingerprint density at radius 3 is 2.59 bits per heavy atom. The van der Waals surface area contributed by atoms with Gasteiger partial charge in [-0.05, 0) is 69.4 Å². The van der Waals surface area contributed by atoms with E-state index in [-0.39, 0.29) is 5.97 Å². The molecule has 0 unspecified atom stereocenters. The highest BCUT2D eigenvalue weighted by Crippen LogP contribution is 2.62. The summed E-state index contributed by atoms with van der Waals surface area (Å²) in [5.74, 6) is -0.0544. The minimum Gasteiger partial charge on any atom is -0.452 e. The monoisotopic (exact) mass is 494 g/mol. The van der Waals surface area contributed by atoms with E-state index in [1.165, 1.54) is 11.3 Å². The largest absolute Gasteiger partial charge is 0.452 e.